The molecule has 7 nitrogen and oxygen atoms in total. The number of benzene rings is 2. The molecule has 122 valence electrons. The number of tetrazole rings is 1. The molecular formula is C17H17N5O2. The first-order chi connectivity index (χ1) is 11.8. The van der Waals surface area contributed by atoms with Crippen molar-refractivity contribution < 1.29 is 9.90 Å². The number of aromatic nitrogens is 4. The third-order valence-corrected chi connectivity index (χ3v) is 3.68. The summed E-state index contributed by atoms with van der Waals surface area (Å²) in [6.45, 7) is 0.364. The van der Waals surface area contributed by atoms with E-state index < -0.39 is 0 Å². The maximum Gasteiger partial charge on any atom is 0.224 e. The Balaban J connectivity index is 1.57. The smallest absolute Gasteiger partial charge is 0.224 e. The summed E-state index contributed by atoms with van der Waals surface area (Å²) in [6, 6.07) is 15.0. The summed E-state index contributed by atoms with van der Waals surface area (Å²) < 4.78 is 1.55. The summed E-state index contributed by atoms with van der Waals surface area (Å²) in [5.74, 6) is -0.0714. The van der Waals surface area contributed by atoms with Crippen molar-refractivity contribution in [3.05, 3.63) is 71.5 Å². The predicted octanol–water partition coefficient (Wildman–Crippen LogP) is 1.01. The molecule has 2 N–H and O–H groups in total. The second-order valence-corrected chi connectivity index (χ2v) is 5.30. The fourth-order valence-electron chi connectivity index (χ4n) is 2.37. The maximum absolute atomic E-state index is 12.1. The number of amides is 1. The highest BCUT2D eigenvalue weighted by Gasteiger charge is 2.06. The monoisotopic (exact) mass is 323 g/mol. The van der Waals surface area contributed by atoms with Crippen LogP contribution >= 0.6 is 0 Å². The van der Waals surface area contributed by atoms with Crippen molar-refractivity contribution >= 4 is 5.91 Å². The van der Waals surface area contributed by atoms with Crippen LogP contribution in [0.1, 0.15) is 16.7 Å². The molecule has 0 atom stereocenters. The zero-order chi connectivity index (χ0) is 16.8. The number of hydrogen-bond donors (Lipinski definition) is 2. The molecule has 0 saturated carbocycles. The molecule has 0 bridgehead atoms. The summed E-state index contributed by atoms with van der Waals surface area (Å²) in [4.78, 5) is 12.1. The lowest BCUT2D eigenvalue weighted by molar-refractivity contribution is -0.120. The molecule has 1 aromatic heterocycles. The SMILES string of the molecule is O=C(Cc1ccc(-n2cnnn2)cc1)NCc1ccccc1CO. The van der Waals surface area contributed by atoms with Gasteiger partial charge in [0.2, 0.25) is 5.91 Å². The van der Waals surface area contributed by atoms with Crippen molar-refractivity contribution in [1.82, 2.24) is 25.5 Å². The molecule has 0 unspecified atom stereocenters. The summed E-state index contributed by atoms with van der Waals surface area (Å²) >= 11 is 0. The number of hydrogen-bond acceptors (Lipinski definition) is 5. The van der Waals surface area contributed by atoms with Crippen LogP contribution in [0.15, 0.2) is 54.9 Å². The Morgan fingerprint density at radius 3 is 2.50 bits per heavy atom. The lowest BCUT2D eigenvalue weighted by Crippen LogP contribution is -2.25. The topological polar surface area (TPSA) is 92.9 Å². The largest absolute Gasteiger partial charge is 0.392 e. The van der Waals surface area contributed by atoms with Crippen molar-refractivity contribution in [2.45, 2.75) is 19.6 Å². The second kappa shape index (κ2) is 7.47. The van der Waals surface area contributed by atoms with Crippen LogP contribution in [-0.4, -0.2) is 31.2 Å². The Morgan fingerprint density at radius 1 is 1.08 bits per heavy atom. The standard InChI is InChI=1S/C17H17N5O2/c23-11-15-4-2-1-3-14(15)10-18-17(24)9-13-5-7-16(8-6-13)22-12-19-20-21-22/h1-8,12,23H,9-11H2,(H,18,24). The minimum atomic E-state index is -0.0714. The lowest BCUT2D eigenvalue weighted by Gasteiger charge is -2.09. The van der Waals surface area contributed by atoms with Crippen LogP contribution in [-0.2, 0) is 24.4 Å². The van der Waals surface area contributed by atoms with Gasteiger partial charge in [-0.1, -0.05) is 36.4 Å². The number of carbonyl (C=O) groups excluding carboxylic acids is 1. The summed E-state index contributed by atoms with van der Waals surface area (Å²) in [5, 5.41) is 23.2. The third-order valence-electron chi connectivity index (χ3n) is 3.68. The van der Waals surface area contributed by atoms with Gasteiger partial charge in [0, 0.05) is 6.54 Å². The van der Waals surface area contributed by atoms with Gasteiger partial charge >= 0.3 is 0 Å². The molecule has 3 aromatic rings. The van der Waals surface area contributed by atoms with Gasteiger partial charge in [0.25, 0.3) is 0 Å². The van der Waals surface area contributed by atoms with Gasteiger partial charge in [0.15, 0.2) is 0 Å². The van der Waals surface area contributed by atoms with Gasteiger partial charge in [-0.2, -0.15) is 0 Å². The fraction of sp³-hybridized carbons (Fsp3) is 0.176. The Hall–Kier alpha value is -3.06. The zero-order valence-electron chi connectivity index (χ0n) is 13.0. The Bertz CT molecular complexity index is 800. The fourth-order valence-corrected chi connectivity index (χ4v) is 2.37. The van der Waals surface area contributed by atoms with E-state index in [0.29, 0.717) is 6.54 Å². The molecule has 0 radical (unpaired) electrons. The van der Waals surface area contributed by atoms with Crippen LogP contribution in [0.4, 0.5) is 0 Å². The molecule has 0 aliphatic heterocycles. The molecule has 0 fully saturated rings. The van der Waals surface area contributed by atoms with Crippen LogP contribution in [0.5, 0.6) is 0 Å². The molecule has 1 heterocycles. The Kier molecular flexibility index (Phi) is 4.93. The van der Waals surface area contributed by atoms with Crippen molar-refractivity contribution in [1.29, 1.82) is 0 Å². The van der Waals surface area contributed by atoms with Gasteiger partial charge < -0.3 is 10.4 Å². The Labute approximate surface area is 138 Å². The first-order valence-electron chi connectivity index (χ1n) is 7.53. The van der Waals surface area contributed by atoms with E-state index in [4.69, 9.17) is 0 Å². The lowest BCUT2D eigenvalue weighted by atomic mass is 10.1. The van der Waals surface area contributed by atoms with Gasteiger partial charge in [0.05, 0.1) is 18.7 Å². The van der Waals surface area contributed by atoms with E-state index in [1.165, 1.54) is 6.33 Å². The van der Waals surface area contributed by atoms with E-state index in [0.717, 1.165) is 22.4 Å². The van der Waals surface area contributed by atoms with Gasteiger partial charge in [-0.15, -0.1) is 5.10 Å². The van der Waals surface area contributed by atoms with Gasteiger partial charge in [0.1, 0.15) is 6.33 Å². The van der Waals surface area contributed by atoms with Crippen LogP contribution in [0.2, 0.25) is 0 Å². The zero-order valence-corrected chi connectivity index (χ0v) is 13.0. The molecule has 0 aliphatic carbocycles. The molecule has 0 aliphatic rings. The average Bonchev–Trinajstić information content (AvgIpc) is 3.15. The van der Waals surface area contributed by atoms with E-state index in [1.807, 2.05) is 48.5 Å². The average molecular weight is 323 g/mol. The van der Waals surface area contributed by atoms with E-state index in [9.17, 15) is 9.90 Å². The van der Waals surface area contributed by atoms with E-state index in [-0.39, 0.29) is 18.9 Å². The number of nitrogens with zero attached hydrogens (tertiary/aromatic N) is 4. The second-order valence-electron chi connectivity index (χ2n) is 5.30. The predicted molar refractivity (Wildman–Crippen MR) is 87.1 cm³/mol. The van der Waals surface area contributed by atoms with Gasteiger partial charge in [-0.3, -0.25) is 4.79 Å². The van der Waals surface area contributed by atoms with E-state index >= 15 is 0 Å². The van der Waals surface area contributed by atoms with Crippen molar-refractivity contribution in [2.75, 3.05) is 0 Å². The van der Waals surface area contributed by atoms with Crippen LogP contribution in [0, 0.1) is 0 Å². The molecule has 7 heteroatoms. The molecule has 1 amide bonds. The molecule has 2 aromatic carbocycles. The molecular weight excluding hydrogens is 306 g/mol. The highest BCUT2D eigenvalue weighted by atomic mass is 16.3. The molecule has 24 heavy (non-hydrogen) atoms. The summed E-state index contributed by atoms with van der Waals surface area (Å²) in [5.41, 5.74) is 3.48. The van der Waals surface area contributed by atoms with Crippen molar-refractivity contribution in [3.8, 4) is 5.69 Å². The number of carbonyl (C=O) groups is 1. The first kappa shape index (κ1) is 15.8. The van der Waals surface area contributed by atoms with Crippen molar-refractivity contribution in [3.63, 3.8) is 0 Å². The van der Waals surface area contributed by atoms with Crippen molar-refractivity contribution in [2.24, 2.45) is 0 Å². The Morgan fingerprint density at radius 2 is 1.83 bits per heavy atom. The van der Waals surface area contributed by atoms with E-state index in [1.54, 1.807) is 4.68 Å². The normalized spacial score (nSPS) is 10.5. The van der Waals surface area contributed by atoms with Gasteiger partial charge in [-0.05, 0) is 39.2 Å². The number of aliphatic hydroxyl groups excluding tert-OH is 1. The van der Waals surface area contributed by atoms with Gasteiger partial charge in [-0.25, -0.2) is 4.68 Å². The summed E-state index contributed by atoms with van der Waals surface area (Å²) in [7, 11) is 0. The minimum Gasteiger partial charge on any atom is -0.392 e. The van der Waals surface area contributed by atoms with Crippen LogP contribution in [0.25, 0.3) is 5.69 Å². The quantitative estimate of drug-likeness (QED) is 0.706. The number of rotatable bonds is 6. The maximum atomic E-state index is 12.1. The highest BCUT2D eigenvalue weighted by Crippen LogP contribution is 2.10. The first-order valence-corrected chi connectivity index (χ1v) is 7.53. The minimum absolute atomic E-state index is 0.0371. The summed E-state index contributed by atoms with van der Waals surface area (Å²) in [6.07, 6.45) is 1.80. The van der Waals surface area contributed by atoms with Crippen LogP contribution < -0.4 is 5.32 Å². The molecule has 0 saturated heterocycles. The third kappa shape index (κ3) is 3.82. The molecule has 0 spiro atoms. The van der Waals surface area contributed by atoms with E-state index in [2.05, 4.69) is 20.8 Å². The molecule has 3 rings (SSSR count). The number of nitrogens with one attached hydrogen (secondary N) is 1. The van der Waals surface area contributed by atoms with Crippen LogP contribution in [0.3, 0.4) is 0 Å². The number of aliphatic hydroxyl groups is 1. The highest BCUT2D eigenvalue weighted by molar-refractivity contribution is 5.78.